The van der Waals surface area contributed by atoms with E-state index in [9.17, 15) is 0 Å². The number of aryl methyl sites for hydroxylation is 1. The number of hydrogen-bond acceptors (Lipinski definition) is 2. The summed E-state index contributed by atoms with van der Waals surface area (Å²) >= 11 is 0. The van der Waals surface area contributed by atoms with Crippen molar-refractivity contribution >= 4 is 5.69 Å². The average molecular weight is 232 g/mol. The van der Waals surface area contributed by atoms with Crippen LogP contribution in [0.15, 0.2) is 18.2 Å². The van der Waals surface area contributed by atoms with Gasteiger partial charge in [-0.1, -0.05) is 32.0 Å². The molecule has 2 nitrogen and oxygen atoms in total. The van der Waals surface area contributed by atoms with Crippen LogP contribution in [0.1, 0.15) is 38.3 Å². The van der Waals surface area contributed by atoms with E-state index < -0.39 is 0 Å². The van der Waals surface area contributed by atoms with Gasteiger partial charge in [-0.3, -0.25) is 0 Å². The first kappa shape index (κ1) is 12.4. The largest absolute Gasteiger partial charge is 0.385 e. The van der Waals surface area contributed by atoms with E-state index in [1.807, 2.05) is 0 Å². The molecule has 0 radical (unpaired) electrons. The highest BCUT2D eigenvalue weighted by Gasteiger charge is 2.13. The normalized spacial score (nSPS) is 16.5. The molecule has 0 saturated carbocycles. The highest BCUT2D eigenvalue weighted by Crippen LogP contribution is 2.26. The van der Waals surface area contributed by atoms with Gasteiger partial charge in [0.2, 0.25) is 0 Å². The van der Waals surface area contributed by atoms with Crippen LogP contribution in [-0.4, -0.2) is 12.6 Å². The van der Waals surface area contributed by atoms with Crippen LogP contribution in [0.4, 0.5) is 5.69 Å². The van der Waals surface area contributed by atoms with Crippen molar-refractivity contribution in [2.75, 3.05) is 11.9 Å². The molecule has 1 aliphatic rings. The molecule has 1 aliphatic heterocycles. The zero-order valence-electron chi connectivity index (χ0n) is 11.2. The Morgan fingerprint density at radius 1 is 1.29 bits per heavy atom. The van der Waals surface area contributed by atoms with Crippen LogP contribution in [0.2, 0.25) is 0 Å². The Morgan fingerprint density at radius 3 is 2.88 bits per heavy atom. The molecule has 94 valence electrons. The molecular formula is C15H24N2. The van der Waals surface area contributed by atoms with Crippen LogP contribution in [-0.2, 0) is 13.0 Å². The van der Waals surface area contributed by atoms with Gasteiger partial charge in [-0.15, -0.1) is 0 Å². The zero-order chi connectivity index (χ0) is 12.3. The fourth-order valence-corrected chi connectivity index (χ4v) is 2.23. The van der Waals surface area contributed by atoms with Crippen molar-refractivity contribution < 1.29 is 0 Å². The molecular weight excluding hydrogens is 208 g/mol. The van der Waals surface area contributed by atoms with Crippen molar-refractivity contribution in [1.82, 2.24) is 5.32 Å². The van der Waals surface area contributed by atoms with E-state index in [1.54, 1.807) is 0 Å². The first-order valence-electron chi connectivity index (χ1n) is 6.76. The van der Waals surface area contributed by atoms with Gasteiger partial charge in [0.1, 0.15) is 0 Å². The lowest BCUT2D eigenvalue weighted by molar-refractivity contribution is 0.426. The van der Waals surface area contributed by atoms with Gasteiger partial charge in [0.15, 0.2) is 0 Å². The van der Waals surface area contributed by atoms with Crippen LogP contribution in [0.3, 0.4) is 0 Å². The van der Waals surface area contributed by atoms with Crippen molar-refractivity contribution in [3.05, 3.63) is 29.3 Å². The minimum atomic E-state index is 0.564. The summed E-state index contributed by atoms with van der Waals surface area (Å²) in [5.41, 5.74) is 4.27. The number of para-hydroxylation sites is 1. The van der Waals surface area contributed by atoms with Crippen LogP contribution in [0, 0.1) is 5.92 Å². The molecule has 1 aromatic carbocycles. The maximum absolute atomic E-state index is 3.61. The highest BCUT2D eigenvalue weighted by molar-refractivity contribution is 5.59. The first-order chi connectivity index (χ1) is 8.18. The third-order valence-electron chi connectivity index (χ3n) is 3.78. The van der Waals surface area contributed by atoms with E-state index in [-0.39, 0.29) is 0 Å². The lowest BCUT2D eigenvalue weighted by Gasteiger charge is -2.23. The molecule has 17 heavy (non-hydrogen) atoms. The van der Waals surface area contributed by atoms with Gasteiger partial charge in [0.05, 0.1) is 0 Å². The molecule has 0 saturated heterocycles. The van der Waals surface area contributed by atoms with Crippen LogP contribution in [0.5, 0.6) is 0 Å². The minimum Gasteiger partial charge on any atom is -0.385 e. The molecule has 1 aromatic rings. The molecule has 0 spiro atoms. The second-order valence-electron chi connectivity index (χ2n) is 5.40. The second-order valence-corrected chi connectivity index (χ2v) is 5.40. The number of nitrogens with one attached hydrogen (secondary N) is 2. The highest BCUT2D eigenvalue weighted by atomic mass is 14.9. The average Bonchev–Trinajstić information content (AvgIpc) is 2.35. The monoisotopic (exact) mass is 232 g/mol. The lowest BCUT2D eigenvalue weighted by atomic mass is 9.99. The number of anilines is 1. The van der Waals surface area contributed by atoms with Gasteiger partial charge in [-0.2, -0.15) is 0 Å². The van der Waals surface area contributed by atoms with Crippen molar-refractivity contribution in [2.24, 2.45) is 5.92 Å². The molecule has 0 amide bonds. The van der Waals surface area contributed by atoms with Gasteiger partial charge >= 0.3 is 0 Å². The Morgan fingerprint density at radius 2 is 2.12 bits per heavy atom. The number of benzene rings is 1. The fraction of sp³-hybridized carbons (Fsp3) is 0.600. The predicted octanol–water partition coefficient (Wildman–Crippen LogP) is 3.18. The van der Waals surface area contributed by atoms with E-state index in [0.717, 1.165) is 13.1 Å². The Kier molecular flexibility index (Phi) is 4.06. The van der Waals surface area contributed by atoms with Gasteiger partial charge in [0, 0.05) is 24.8 Å². The first-order valence-corrected chi connectivity index (χ1v) is 6.76. The topological polar surface area (TPSA) is 24.1 Å². The van der Waals surface area contributed by atoms with Crippen molar-refractivity contribution in [3.63, 3.8) is 0 Å². The molecule has 0 bridgehead atoms. The summed E-state index contributed by atoms with van der Waals surface area (Å²) in [6.45, 7) is 8.86. The minimum absolute atomic E-state index is 0.564. The van der Waals surface area contributed by atoms with E-state index in [0.29, 0.717) is 12.0 Å². The SMILES string of the molecule is CC(C)C(C)NCc1cccc2c1NCCC2. The maximum Gasteiger partial charge on any atom is 0.0418 e. The zero-order valence-corrected chi connectivity index (χ0v) is 11.2. The van der Waals surface area contributed by atoms with Gasteiger partial charge in [-0.05, 0) is 36.8 Å². The summed E-state index contributed by atoms with van der Waals surface area (Å²) in [4.78, 5) is 0. The summed E-state index contributed by atoms with van der Waals surface area (Å²) in [7, 11) is 0. The Hall–Kier alpha value is -1.02. The Balaban J connectivity index is 2.06. The second kappa shape index (κ2) is 5.54. The third kappa shape index (κ3) is 3.01. The molecule has 2 heteroatoms. The summed E-state index contributed by atoms with van der Waals surface area (Å²) in [6, 6.07) is 7.23. The molecule has 1 heterocycles. The number of fused-ring (bicyclic) bond motifs is 1. The van der Waals surface area contributed by atoms with Gasteiger partial charge in [0.25, 0.3) is 0 Å². The Labute approximate surface area is 105 Å². The van der Waals surface area contributed by atoms with E-state index in [2.05, 4.69) is 49.6 Å². The summed E-state index contributed by atoms with van der Waals surface area (Å²) < 4.78 is 0. The van der Waals surface area contributed by atoms with Crippen molar-refractivity contribution in [2.45, 2.75) is 46.2 Å². The fourth-order valence-electron chi connectivity index (χ4n) is 2.23. The molecule has 1 unspecified atom stereocenters. The predicted molar refractivity (Wildman–Crippen MR) is 74.4 cm³/mol. The molecule has 2 N–H and O–H groups in total. The lowest BCUT2D eigenvalue weighted by Crippen LogP contribution is -2.30. The van der Waals surface area contributed by atoms with Gasteiger partial charge < -0.3 is 10.6 Å². The molecule has 0 aliphatic carbocycles. The van der Waals surface area contributed by atoms with Crippen molar-refractivity contribution in [3.8, 4) is 0 Å². The molecule has 0 aromatic heterocycles. The van der Waals surface area contributed by atoms with E-state index >= 15 is 0 Å². The third-order valence-corrected chi connectivity index (χ3v) is 3.78. The maximum atomic E-state index is 3.61. The summed E-state index contributed by atoms with van der Waals surface area (Å²) in [6.07, 6.45) is 2.47. The molecule has 2 rings (SSSR count). The van der Waals surface area contributed by atoms with Crippen LogP contribution >= 0.6 is 0 Å². The molecule has 0 fully saturated rings. The summed E-state index contributed by atoms with van der Waals surface area (Å²) in [5.74, 6) is 0.683. The number of hydrogen-bond donors (Lipinski definition) is 2. The smallest absolute Gasteiger partial charge is 0.0418 e. The number of rotatable bonds is 4. The van der Waals surface area contributed by atoms with Gasteiger partial charge in [-0.25, -0.2) is 0 Å². The quantitative estimate of drug-likeness (QED) is 0.833. The standard InChI is InChI=1S/C15H24N2/c1-11(2)12(3)17-10-14-7-4-6-13-8-5-9-16-15(13)14/h4,6-7,11-12,16-17H,5,8-10H2,1-3H3. The van der Waals surface area contributed by atoms with E-state index in [1.165, 1.54) is 29.7 Å². The van der Waals surface area contributed by atoms with Crippen molar-refractivity contribution in [1.29, 1.82) is 0 Å². The van der Waals surface area contributed by atoms with Crippen LogP contribution < -0.4 is 10.6 Å². The van der Waals surface area contributed by atoms with E-state index in [4.69, 9.17) is 0 Å². The molecule has 1 atom stereocenters. The Bertz CT molecular complexity index is 371. The summed E-state index contributed by atoms with van der Waals surface area (Å²) in [5, 5.41) is 7.15. The van der Waals surface area contributed by atoms with Crippen LogP contribution in [0.25, 0.3) is 0 Å².